The molecule has 1 aliphatic carbocycles. The van der Waals surface area contributed by atoms with E-state index in [1.165, 1.54) is 31.2 Å². The van der Waals surface area contributed by atoms with E-state index in [4.69, 9.17) is 5.73 Å². The standard InChI is InChI=1S/C16H27N3/c1-12-5-4-6-15(9-12)19(3)16-8-7-14(11-18-16)10-13(2)17/h7-8,11-13,15H,4-6,9-10,17H2,1-3H3. The molecule has 1 aromatic rings. The summed E-state index contributed by atoms with van der Waals surface area (Å²) < 4.78 is 0. The van der Waals surface area contributed by atoms with Crippen LogP contribution in [0, 0.1) is 5.92 Å². The Morgan fingerprint density at radius 1 is 1.42 bits per heavy atom. The van der Waals surface area contributed by atoms with E-state index in [1.807, 2.05) is 13.1 Å². The van der Waals surface area contributed by atoms with Crippen molar-refractivity contribution in [3.63, 3.8) is 0 Å². The van der Waals surface area contributed by atoms with E-state index < -0.39 is 0 Å². The SMILES string of the molecule is CC(N)Cc1ccc(N(C)C2CCCC(C)C2)nc1. The van der Waals surface area contributed by atoms with Gasteiger partial charge in [-0.25, -0.2) is 4.98 Å². The molecule has 106 valence electrons. The largest absolute Gasteiger partial charge is 0.357 e. The molecule has 0 radical (unpaired) electrons. The molecule has 1 aliphatic rings. The van der Waals surface area contributed by atoms with Crippen LogP contribution in [0.3, 0.4) is 0 Å². The van der Waals surface area contributed by atoms with Crippen LogP contribution in [0.4, 0.5) is 5.82 Å². The molecule has 1 saturated carbocycles. The number of hydrogen-bond donors (Lipinski definition) is 1. The Kier molecular flexibility index (Phi) is 4.81. The molecule has 3 atom stereocenters. The molecule has 0 bridgehead atoms. The zero-order chi connectivity index (χ0) is 13.8. The first kappa shape index (κ1) is 14.3. The Morgan fingerprint density at radius 3 is 2.79 bits per heavy atom. The van der Waals surface area contributed by atoms with Gasteiger partial charge in [-0.15, -0.1) is 0 Å². The lowest BCUT2D eigenvalue weighted by molar-refractivity contribution is 0.335. The molecule has 2 N–H and O–H groups in total. The van der Waals surface area contributed by atoms with Crippen molar-refractivity contribution >= 4 is 5.82 Å². The minimum absolute atomic E-state index is 0.199. The van der Waals surface area contributed by atoms with Crippen molar-refractivity contribution in [2.24, 2.45) is 11.7 Å². The first-order valence-electron chi connectivity index (χ1n) is 7.49. The third kappa shape index (κ3) is 3.93. The van der Waals surface area contributed by atoms with Crippen LogP contribution in [0.5, 0.6) is 0 Å². The van der Waals surface area contributed by atoms with Gasteiger partial charge in [0.05, 0.1) is 0 Å². The van der Waals surface area contributed by atoms with Crippen molar-refractivity contribution in [1.82, 2.24) is 4.98 Å². The smallest absolute Gasteiger partial charge is 0.128 e. The molecule has 0 aliphatic heterocycles. The van der Waals surface area contributed by atoms with E-state index in [9.17, 15) is 0 Å². The number of nitrogens with zero attached hydrogens (tertiary/aromatic N) is 2. The molecule has 0 amide bonds. The molecule has 19 heavy (non-hydrogen) atoms. The molecule has 1 fully saturated rings. The molecule has 0 aromatic carbocycles. The van der Waals surface area contributed by atoms with Crippen LogP contribution < -0.4 is 10.6 Å². The van der Waals surface area contributed by atoms with Crippen molar-refractivity contribution in [2.75, 3.05) is 11.9 Å². The Morgan fingerprint density at radius 2 is 2.21 bits per heavy atom. The van der Waals surface area contributed by atoms with Gasteiger partial charge in [0.25, 0.3) is 0 Å². The Labute approximate surface area is 117 Å². The molecule has 3 nitrogen and oxygen atoms in total. The normalized spacial score (nSPS) is 25.1. The van der Waals surface area contributed by atoms with E-state index in [0.717, 1.165) is 18.2 Å². The van der Waals surface area contributed by atoms with Gasteiger partial charge in [-0.3, -0.25) is 0 Å². The summed E-state index contributed by atoms with van der Waals surface area (Å²) in [5, 5.41) is 0. The number of aromatic nitrogens is 1. The molecule has 0 spiro atoms. The van der Waals surface area contributed by atoms with Crippen LogP contribution >= 0.6 is 0 Å². The maximum atomic E-state index is 5.82. The van der Waals surface area contributed by atoms with E-state index in [1.54, 1.807) is 0 Å². The highest BCUT2D eigenvalue weighted by Gasteiger charge is 2.23. The van der Waals surface area contributed by atoms with Gasteiger partial charge in [0.2, 0.25) is 0 Å². The summed E-state index contributed by atoms with van der Waals surface area (Å²) >= 11 is 0. The third-order valence-corrected chi connectivity index (χ3v) is 4.18. The van der Waals surface area contributed by atoms with E-state index in [2.05, 4.69) is 36.0 Å². The summed E-state index contributed by atoms with van der Waals surface area (Å²) in [7, 11) is 2.18. The number of anilines is 1. The first-order valence-corrected chi connectivity index (χ1v) is 7.49. The van der Waals surface area contributed by atoms with Crippen LogP contribution in [0.1, 0.15) is 45.1 Å². The number of rotatable bonds is 4. The van der Waals surface area contributed by atoms with Gasteiger partial charge in [-0.2, -0.15) is 0 Å². The maximum Gasteiger partial charge on any atom is 0.128 e. The molecular weight excluding hydrogens is 234 g/mol. The molecule has 0 saturated heterocycles. The number of nitrogens with two attached hydrogens (primary N) is 1. The van der Waals surface area contributed by atoms with Gasteiger partial charge >= 0.3 is 0 Å². The van der Waals surface area contributed by atoms with Crippen LogP contribution in [0.15, 0.2) is 18.3 Å². The molecular formula is C16H27N3. The second kappa shape index (κ2) is 6.38. The van der Waals surface area contributed by atoms with Gasteiger partial charge < -0.3 is 10.6 Å². The highest BCUT2D eigenvalue weighted by Crippen LogP contribution is 2.28. The molecule has 2 rings (SSSR count). The van der Waals surface area contributed by atoms with Gasteiger partial charge in [0.1, 0.15) is 5.82 Å². The number of hydrogen-bond acceptors (Lipinski definition) is 3. The first-order chi connectivity index (χ1) is 9.06. The summed E-state index contributed by atoms with van der Waals surface area (Å²) in [6.07, 6.45) is 8.19. The zero-order valence-electron chi connectivity index (χ0n) is 12.5. The fourth-order valence-corrected chi connectivity index (χ4v) is 3.06. The Balaban J connectivity index is 2.00. The minimum Gasteiger partial charge on any atom is -0.357 e. The van der Waals surface area contributed by atoms with Crippen LogP contribution in [-0.4, -0.2) is 24.1 Å². The summed E-state index contributed by atoms with van der Waals surface area (Å²) in [6.45, 7) is 4.39. The van der Waals surface area contributed by atoms with E-state index in [0.29, 0.717) is 6.04 Å². The third-order valence-electron chi connectivity index (χ3n) is 4.18. The quantitative estimate of drug-likeness (QED) is 0.906. The maximum absolute atomic E-state index is 5.82. The van der Waals surface area contributed by atoms with Gasteiger partial charge in [0, 0.05) is 25.3 Å². The van der Waals surface area contributed by atoms with Crippen molar-refractivity contribution < 1.29 is 0 Å². The highest BCUT2D eigenvalue weighted by molar-refractivity contribution is 5.39. The lowest BCUT2D eigenvalue weighted by Gasteiger charge is -2.34. The second-order valence-electron chi connectivity index (χ2n) is 6.24. The molecule has 3 unspecified atom stereocenters. The van der Waals surface area contributed by atoms with E-state index >= 15 is 0 Å². The molecule has 1 heterocycles. The minimum atomic E-state index is 0.199. The van der Waals surface area contributed by atoms with Crippen molar-refractivity contribution in [2.45, 2.75) is 58.0 Å². The predicted octanol–water partition coefficient (Wildman–Crippen LogP) is 2.99. The summed E-state index contributed by atoms with van der Waals surface area (Å²) in [4.78, 5) is 6.95. The lowest BCUT2D eigenvalue weighted by Crippen LogP contribution is -2.36. The average molecular weight is 261 g/mol. The topological polar surface area (TPSA) is 42.1 Å². The van der Waals surface area contributed by atoms with Gasteiger partial charge in [0.15, 0.2) is 0 Å². The summed E-state index contributed by atoms with van der Waals surface area (Å²) in [5.74, 6) is 1.94. The second-order valence-corrected chi connectivity index (χ2v) is 6.24. The van der Waals surface area contributed by atoms with Crippen LogP contribution in [-0.2, 0) is 6.42 Å². The Hall–Kier alpha value is -1.09. The van der Waals surface area contributed by atoms with Crippen molar-refractivity contribution in [3.8, 4) is 0 Å². The average Bonchev–Trinajstić information content (AvgIpc) is 2.38. The van der Waals surface area contributed by atoms with Crippen LogP contribution in [0.25, 0.3) is 0 Å². The van der Waals surface area contributed by atoms with Crippen molar-refractivity contribution in [3.05, 3.63) is 23.9 Å². The van der Waals surface area contributed by atoms with E-state index in [-0.39, 0.29) is 6.04 Å². The fraction of sp³-hybridized carbons (Fsp3) is 0.688. The van der Waals surface area contributed by atoms with Crippen LogP contribution in [0.2, 0.25) is 0 Å². The monoisotopic (exact) mass is 261 g/mol. The highest BCUT2D eigenvalue weighted by atomic mass is 15.2. The van der Waals surface area contributed by atoms with Crippen molar-refractivity contribution in [1.29, 1.82) is 0 Å². The fourth-order valence-electron chi connectivity index (χ4n) is 3.06. The summed E-state index contributed by atoms with van der Waals surface area (Å²) in [5.41, 5.74) is 7.04. The zero-order valence-corrected chi connectivity index (χ0v) is 12.5. The number of pyridine rings is 1. The molecule has 3 heteroatoms. The summed E-state index contributed by atoms with van der Waals surface area (Å²) in [6, 6.07) is 5.14. The van der Waals surface area contributed by atoms with Gasteiger partial charge in [-0.1, -0.05) is 25.8 Å². The molecule has 1 aromatic heterocycles. The predicted molar refractivity (Wildman–Crippen MR) is 81.4 cm³/mol. The lowest BCUT2D eigenvalue weighted by atomic mass is 9.86. The Bertz CT molecular complexity index is 385. The van der Waals surface area contributed by atoms with Gasteiger partial charge in [-0.05, 0) is 43.7 Å².